The van der Waals surface area contributed by atoms with Crippen LogP contribution in [-0.2, 0) is 15.7 Å². The van der Waals surface area contributed by atoms with Crippen molar-refractivity contribution in [2.75, 3.05) is 12.4 Å². The third kappa shape index (κ3) is 5.35. The number of rotatable bonds is 6. The van der Waals surface area contributed by atoms with Gasteiger partial charge in [-0.1, -0.05) is 18.2 Å². The number of nitrogens with two attached hydrogens (primary N) is 2. The Morgan fingerprint density at radius 3 is 2.24 bits per heavy atom. The second kappa shape index (κ2) is 8.78. The molecule has 0 unspecified atom stereocenters. The van der Waals surface area contributed by atoms with Gasteiger partial charge in [0.2, 0.25) is 5.91 Å². The molecule has 0 radical (unpaired) electrons. The lowest BCUT2D eigenvalue weighted by atomic mass is 9.96. The molecule has 1 amide bonds. The van der Waals surface area contributed by atoms with Crippen molar-refractivity contribution < 1.29 is 27.5 Å². The van der Waals surface area contributed by atoms with E-state index in [9.17, 15) is 22.8 Å². The number of esters is 1. The molecular weight excluding hydrogens is 387 g/mol. The molecule has 29 heavy (non-hydrogen) atoms. The summed E-state index contributed by atoms with van der Waals surface area (Å²) in [5, 5.41) is 2.77. The highest BCUT2D eigenvalue weighted by atomic mass is 19.4. The number of carbonyl (C=O) groups excluding carboxylic acids is 2. The highest BCUT2D eigenvalue weighted by molar-refractivity contribution is 5.93. The third-order valence-electron chi connectivity index (χ3n) is 4.20. The Bertz CT molecular complexity index is 938. The number of primary amides is 1. The number of allylic oxidation sites excluding steroid dienone is 1. The first-order valence-corrected chi connectivity index (χ1v) is 8.43. The zero-order valence-corrected chi connectivity index (χ0v) is 15.7. The number of carbonyl (C=O) groups is 2. The molecule has 2 aromatic rings. The van der Waals surface area contributed by atoms with Gasteiger partial charge in [-0.3, -0.25) is 4.79 Å². The molecule has 0 aliphatic carbocycles. The van der Waals surface area contributed by atoms with E-state index < -0.39 is 29.7 Å². The van der Waals surface area contributed by atoms with Gasteiger partial charge in [0.15, 0.2) is 0 Å². The molecule has 5 N–H and O–H groups in total. The highest BCUT2D eigenvalue weighted by Gasteiger charge is 2.30. The van der Waals surface area contributed by atoms with Crippen LogP contribution in [0.3, 0.4) is 0 Å². The molecule has 0 spiro atoms. The number of alkyl halides is 3. The predicted octanol–water partition coefficient (Wildman–Crippen LogP) is 3.36. The molecular formula is C20H20F3N3O3. The van der Waals surface area contributed by atoms with Crippen molar-refractivity contribution in [1.82, 2.24) is 0 Å². The SMILES string of the molecule is COC(=O)/C(=C(\C)Nc1cccc(C(F)(F)F)c1)[C@H](N)c1ccc(C(N)=O)cc1. The Morgan fingerprint density at radius 2 is 1.72 bits per heavy atom. The lowest BCUT2D eigenvalue weighted by molar-refractivity contribution is -0.138. The van der Waals surface area contributed by atoms with E-state index in [1.165, 1.54) is 50.4 Å². The van der Waals surface area contributed by atoms with E-state index in [0.717, 1.165) is 12.1 Å². The summed E-state index contributed by atoms with van der Waals surface area (Å²) in [6.45, 7) is 1.50. The van der Waals surface area contributed by atoms with Gasteiger partial charge in [0, 0.05) is 16.9 Å². The largest absolute Gasteiger partial charge is 0.466 e. The molecule has 9 heteroatoms. The fraction of sp³-hybridized carbons (Fsp3) is 0.200. The summed E-state index contributed by atoms with van der Waals surface area (Å²) in [5.41, 5.74) is 11.7. The smallest absolute Gasteiger partial charge is 0.416 e. The lowest BCUT2D eigenvalue weighted by Crippen LogP contribution is -2.24. The van der Waals surface area contributed by atoms with Crippen molar-refractivity contribution in [2.45, 2.75) is 19.1 Å². The fourth-order valence-electron chi connectivity index (χ4n) is 2.70. The van der Waals surface area contributed by atoms with Crippen molar-refractivity contribution in [3.8, 4) is 0 Å². The molecule has 0 bridgehead atoms. The maximum Gasteiger partial charge on any atom is 0.416 e. The van der Waals surface area contributed by atoms with Crippen LogP contribution in [-0.4, -0.2) is 19.0 Å². The second-order valence-electron chi connectivity index (χ2n) is 6.20. The van der Waals surface area contributed by atoms with Crippen LogP contribution in [0.15, 0.2) is 59.8 Å². The number of nitrogens with one attached hydrogen (secondary N) is 1. The third-order valence-corrected chi connectivity index (χ3v) is 4.20. The molecule has 2 rings (SSSR count). The summed E-state index contributed by atoms with van der Waals surface area (Å²) in [7, 11) is 1.17. The van der Waals surface area contributed by atoms with Gasteiger partial charge in [0.25, 0.3) is 0 Å². The minimum absolute atomic E-state index is 0.0248. The number of ether oxygens (including phenoxy) is 1. The molecule has 0 aromatic heterocycles. The van der Waals surface area contributed by atoms with Crippen LogP contribution in [0, 0.1) is 0 Å². The Labute approximate surface area is 165 Å². The Hall–Kier alpha value is -3.33. The van der Waals surface area contributed by atoms with Gasteiger partial charge in [0.05, 0.1) is 24.3 Å². The minimum Gasteiger partial charge on any atom is -0.466 e. The van der Waals surface area contributed by atoms with Crippen LogP contribution in [0.5, 0.6) is 0 Å². The number of hydrogen-bond acceptors (Lipinski definition) is 5. The monoisotopic (exact) mass is 407 g/mol. The molecule has 154 valence electrons. The molecule has 0 saturated carbocycles. The first-order valence-electron chi connectivity index (χ1n) is 8.43. The van der Waals surface area contributed by atoms with Gasteiger partial charge in [0.1, 0.15) is 0 Å². The molecule has 2 aromatic carbocycles. The number of amides is 1. The van der Waals surface area contributed by atoms with Gasteiger partial charge >= 0.3 is 12.1 Å². The normalized spacial score (nSPS) is 13.3. The van der Waals surface area contributed by atoms with E-state index in [1.54, 1.807) is 0 Å². The second-order valence-corrected chi connectivity index (χ2v) is 6.20. The fourth-order valence-corrected chi connectivity index (χ4v) is 2.70. The topological polar surface area (TPSA) is 107 Å². The molecule has 6 nitrogen and oxygen atoms in total. The number of benzene rings is 2. The van der Waals surface area contributed by atoms with Crippen molar-refractivity contribution in [3.05, 3.63) is 76.5 Å². The van der Waals surface area contributed by atoms with Crippen molar-refractivity contribution >= 4 is 17.6 Å². The first-order chi connectivity index (χ1) is 13.5. The first kappa shape index (κ1) is 22.0. The van der Waals surface area contributed by atoms with E-state index >= 15 is 0 Å². The van der Waals surface area contributed by atoms with Gasteiger partial charge < -0.3 is 21.5 Å². The van der Waals surface area contributed by atoms with E-state index in [1.807, 2.05) is 0 Å². The van der Waals surface area contributed by atoms with Crippen molar-refractivity contribution in [2.24, 2.45) is 11.5 Å². The van der Waals surface area contributed by atoms with Crippen LogP contribution in [0.1, 0.15) is 34.5 Å². The van der Waals surface area contributed by atoms with Crippen LogP contribution in [0.2, 0.25) is 0 Å². The summed E-state index contributed by atoms with van der Waals surface area (Å²) in [5.74, 6) is -1.36. The van der Waals surface area contributed by atoms with E-state index in [4.69, 9.17) is 16.2 Å². The van der Waals surface area contributed by atoms with Gasteiger partial charge in [-0.05, 0) is 42.8 Å². The number of halogens is 3. The van der Waals surface area contributed by atoms with Crippen LogP contribution >= 0.6 is 0 Å². The maximum absolute atomic E-state index is 12.9. The van der Waals surface area contributed by atoms with Gasteiger partial charge in [-0.2, -0.15) is 13.2 Å². The Kier molecular flexibility index (Phi) is 6.65. The standard InChI is InChI=1S/C20H20F3N3O3/c1-11(26-15-5-3-4-14(10-15)20(21,22)23)16(19(28)29-2)17(24)12-6-8-13(9-7-12)18(25)27/h3-10,17,26H,24H2,1-2H3,(H2,25,27)/b16-11+/t17-/m1/s1. The molecule has 0 heterocycles. The van der Waals surface area contributed by atoms with E-state index in [0.29, 0.717) is 5.56 Å². The summed E-state index contributed by atoms with van der Waals surface area (Å²) >= 11 is 0. The van der Waals surface area contributed by atoms with Gasteiger partial charge in [-0.15, -0.1) is 0 Å². The number of anilines is 1. The number of hydrogen-bond donors (Lipinski definition) is 3. The zero-order chi connectivity index (χ0) is 21.8. The molecule has 0 aliphatic rings. The summed E-state index contributed by atoms with van der Waals surface area (Å²) < 4.78 is 43.5. The average Bonchev–Trinajstić information content (AvgIpc) is 2.67. The Balaban J connectivity index is 2.41. The van der Waals surface area contributed by atoms with E-state index in [-0.39, 0.29) is 22.5 Å². The zero-order valence-electron chi connectivity index (χ0n) is 15.7. The van der Waals surface area contributed by atoms with Crippen molar-refractivity contribution in [1.29, 1.82) is 0 Å². The maximum atomic E-state index is 12.9. The summed E-state index contributed by atoms with van der Waals surface area (Å²) in [6, 6.07) is 9.57. The lowest BCUT2D eigenvalue weighted by Gasteiger charge is -2.19. The average molecular weight is 407 g/mol. The van der Waals surface area contributed by atoms with Crippen LogP contribution < -0.4 is 16.8 Å². The summed E-state index contributed by atoms with van der Waals surface area (Å²) in [6.07, 6.45) is -4.50. The number of methoxy groups -OCH3 is 1. The molecule has 0 aliphatic heterocycles. The predicted molar refractivity (Wildman–Crippen MR) is 102 cm³/mol. The molecule has 1 atom stereocenters. The van der Waals surface area contributed by atoms with Crippen LogP contribution in [0.4, 0.5) is 18.9 Å². The molecule has 0 fully saturated rings. The van der Waals surface area contributed by atoms with Gasteiger partial charge in [-0.25, -0.2) is 4.79 Å². The minimum atomic E-state index is -4.50. The quantitative estimate of drug-likeness (QED) is 0.503. The van der Waals surface area contributed by atoms with Crippen molar-refractivity contribution in [3.63, 3.8) is 0 Å². The Morgan fingerprint density at radius 1 is 1.10 bits per heavy atom. The van der Waals surface area contributed by atoms with E-state index in [2.05, 4.69) is 5.32 Å². The van der Waals surface area contributed by atoms with Crippen LogP contribution in [0.25, 0.3) is 0 Å². The summed E-state index contributed by atoms with van der Waals surface area (Å²) in [4.78, 5) is 23.5. The highest BCUT2D eigenvalue weighted by Crippen LogP contribution is 2.31. The molecule has 0 saturated heterocycles.